The second kappa shape index (κ2) is 7.09. The first-order chi connectivity index (χ1) is 13.8. The van der Waals surface area contributed by atoms with Crippen LogP contribution in [0.5, 0.6) is 0 Å². The van der Waals surface area contributed by atoms with Gasteiger partial charge in [-0.05, 0) is 82.5 Å². The Hall–Kier alpha value is -3.19. The molecule has 0 fully saturated rings. The molecule has 1 unspecified atom stereocenters. The van der Waals surface area contributed by atoms with Crippen LogP contribution in [0.25, 0.3) is 17.2 Å². The Bertz CT molecular complexity index is 1080. The van der Waals surface area contributed by atoms with Crippen LogP contribution in [0.2, 0.25) is 0 Å². The Morgan fingerprint density at radius 2 is 1.50 bits per heavy atom. The standard InChI is InChI=1S/C27H23N/c1-19-24(15-16-28-19)23-10-6-7-20(17-23)18-27-25-11-4-2-8-21(25)13-14-22-9-3-5-12-26(22)27/h2-12,15-19H,13-14H2,1H3. The fourth-order valence-corrected chi connectivity index (χ4v) is 4.36. The van der Waals surface area contributed by atoms with Gasteiger partial charge in [0.25, 0.3) is 0 Å². The summed E-state index contributed by atoms with van der Waals surface area (Å²) in [5.41, 5.74) is 10.7. The van der Waals surface area contributed by atoms with Gasteiger partial charge in [0, 0.05) is 6.21 Å². The maximum Gasteiger partial charge on any atom is 0.0727 e. The predicted octanol–water partition coefficient (Wildman–Crippen LogP) is 6.23. The lowest BCUT2D eigenvalue weighted by atomic mass is 9.91. The van der Waals surface area contributed by atoms with Crippen LogP contribution in [0.3, 0.4) is 0 Å². The van der Waals surface area contributed by atoms with Crippen molar-refractivity contribution in [2.24, 2.45) is 4.99 Å². The highest BCUT2D eigenvalue weighted by atomic mass is 14.8. The average molecular weight is 361 g/mol. The van der Waals surface area contributed by atoms with E-state index in [0.717, 1.165) is 12.8 Å². The smallest absolute Gasteiger partial charge is 0.0727 e. The van der Waals surface area contributed by atoms with E-state index >= 15 is 0 Å². The topological polar surface area (TPSA) is 12.4 Å². The van der Waals surface area contributed by atoms with Gasteiger partial charge in [-0.1, -0.05) is 66.7 Å². The third kappa shape index (κ3) is 3.03. The number of nitrogens with zero attached hydrogens (tertiary/aromatic N) is 1. The van der Waals surface area contributed by atoms with E-state index in [0.29, 0.717) is 0 Å². The van der Waals surface area contributed by atoms with Gasteiger partial charge in [-0.15, -0.1) is 0 Å². The van der Waals surface area contributed by atoms with Crippen molar-refractivity contribution in [2.75, 3.05) is 0 Å². The summed E-state index contributed by atoms with van der Waals surface area (Å²) in [4.78, 5) is 4.48. The summed E-state index contributed by atoms with van der Waals surface area (Å²) in [6.07, 6.45) is 8.59. The Balaban J connectivity index is 1.66. The van der Waals surface area contributed by atoms with E-state index in [2.05, 4.69) is 96.9 Å². The van der Waals surface area contributed by atoms with Crippen molar-refractivity contribution in [3.05, 3.63) is 112 Å². The lowest BCUT2D eigenvalue weighted by molar-refractivity contribution is 0.965. The minimum Gasteiger partial charge on any atom is -0.285 e. The number of rotatable bonds is 2. The zero-order chi connectivity index (χ0) is 18.9. The van der Waals surface area contributed by atoms with Crippen LogP contribution in [0.1, 0.15) is 40.3 Å². The number of fused-ring (bicyclic) bond motifs is 2. The number of benzene rings is 3. The molecule has 1 aliphatic heterocycles. The van der Waals surface area contributed by atoms with E-state index < -0.39 is 0 Å². The lowest BCUT2D eigenvalue weighted by Crippen LogP contribution is -1.98. The molecule has 2 aliphatic rings. The maximum atomic E-state index is 4.48. The van der Waals surface area contributed by atoms with E-state index in [9.17, 15) is 0 Å². The van der Waals surface area contributed by atoms with Crippen molar-refractivity contribution < 1.29 is 0 Å². The Kier molecular flexibility index (Phi) is 4.29. The molecule has 28 heavy (non-hydrogen) atoms. The van der Waals surface area contributed by atoms with Crippen molar-refractivity contribution in [2.45, 2.75) is 25.8 Å². The fourth-order valence-electron chi connectivity index (χ4n) is 4.36. The summed E-state index contributed by atoms with van der Waals surface area (Å²) in [6.45, 7) is 2.15. The largest absolute Gasteiger partial charge is 0.285 e. The number of aliphatic imine (C=N–C) groups is 1. The third-order valence-electron chi connectivity index (χ3n) is 5.82. The van der Waals surface area contributed by atoms with Gasteiger partial charge in [-0.2, -0.15) is 0 Å². The maximum absolute atomic E-state index is 4.48. The first-order valence-corrected chi connectivity index (χ1v) is 10.0. The molecule has 0 radical (unpaired) electrons. The quantitative estimate of drug-likeness (QED) is 0.513. The molecule has 1 heterocycles. The fraction of sp³-hybridized carbons (Fsp3) is 0.148. The average Bonchev–Trinajstić information content (AvgIpc) is 3.10. The Morgan fingerprint density at radius 3 is 2.14 bits per heavy atom. The number of hydrogen-bond acceptors (Lipinski definition) is 1. The molecule has 5 rings (SSSR count). The van der Waals surface area contributed by atoms with Crippen LogP contribution in [0, 0.1) is 0 Å². The van der Waals surface area contributed by atoms with Crippen LogP contribution < -0.4 is 0 Å². The molecular weight excluding hydrogens is 338 g/mol. The molecular formula is C27H23N. The predicted molar refractivity (Wildman–Crippen MR) is 120 cm³/mol. The zero-order valence-electron chi connectivity index (χ0n) is 16.1. The zero-order valence-corrected chi connectivity index (χ0v) is 16.1. The second-order valence-electron chi connectivity index (χ2n) is 7.59. The van der Waals surface area contributed by atoms with Gasteiger partial charge in [-0.3, -0.25) is 4.99 Å². The molecule has 3 aromatic carbocycles. The summed E-state index contributed by atoms with van der Waals surface area (Å²) < 4.78 is 0. The van der Waals surface area contributed by atoms with Gasteiger partial charge in [0.15, 0.2) is 0 Å². The summed E-state index contributed by atoms with van der Waals surface area (Å²) in [5, 5.41) is 0. The third-order valence-corrected chi connectivity index (χ3v) is 5.82. The highest BCUT2D eigenvalue weighted by molar-refractivity contribution is 5.95. The first kappa shape index (κ1) is 16.9. The van der Waals surface area contributed by atoms with Crippen molar-refractivity contribution >= 4 is 23.4 Å². The molecule has 0 aromatic heterocycles. The van der Waals surface area contributed by atoms with Gasteiger partial charge in [-0.25, -0.2) is 0 Å². The van der Waals surface area contributed by atoms with E-state index in [-0.39, 0.29) is 6.04 Å². The van der Waals surface area contributed by atoms with Crippen molar-refractivity contribution in [1.82, 2.24) is 0 Å². The van der Waals surface area contributed by atoms with Crippen LogP contribution in [-0.4, -0.2) is 12.3 Å². The van der Waals surface area contributed by atoms with E-state index in [4.69, 9.17) is 0 Å². The molecule has 0 N–H and O–H groups in total. The van der Waals surface area contributed by atoms with Gasteiger partial charge < -0.3 is 0 Å². The second-order valence-corrected chi connectivity index (χ2v) is 7.59. The van der Waals surface area contributed by atoms with Gasteiger partial charge in [0.05, 0.1) is 6.04 Å². The monoisotopic (exact) mass is 361 g/mol. The molecule has 0 saturated carbocycles. The van der Waals surface area contributed by atoms with Crippen LogP contribution in [0.15, 0.2) is 83.9 Å². The van der Waals surface area contributed by atoms with E-state index in [1.807, 2.05) is 6.21 Å². The van der Waals surface area contributed by atoms with Gasteiger partial charge in [0.1, 0.15) is 0 Å². The van der Waals surface area contributed by atoms with Crippen LogP contribution in [-0.2, 0) is 12.8 Å². The highest BCUT2D eigenvalue weighted by Gasteiger charge is 2.18. The summed E-state index contributed by atoms with van der Waals surface area (Å²) in [7, 11) is 0. The molecule has 0 saturated heterocycles. The molecule has 1 nitrogen and oxygen atoms in total. The Morgan fingerprint density at radius 1 is 0.821 bits per heavy atom. The molecule has 0 amide bonds. The number of allylic oxidation sites excluding steroid dienone is 1. The molecule has 0 spiro atoms. The van der Waals surface area contributed by atoms with E-state index in [1.54, 1.807) is 0 Å². The molecule has 136 valence electrons. The van der Waals surface area contributed by atoms with Gasteiger partial charge >= 0.3 is 0 Å². The molecule has 0 bridgehead atoms. The molecule has 1 heteroatoms. The molecule has 1 aliphatic carbocycles. The van der Waals surface area contributed by atoms with Crippen molar-refractivity contribution in [3.8, 4) is 0 Å². The van der Waals surface area contributed by atoms with Crippen molar-refractivity contribution in [3.63, 3.8) is 0 Å². The number of aryl methyl sites for hydroxylation is 2. The van der Waals surface area contributed by atoms with E-state index in [1.165, 1.54) is 44.5 Å². The summed E-state index contributed by atoms with van der Waals surface area (Å²) >= 11 is 0. The normalized spacial score (nSPS) is 17.5. The molecule has 1 atom stereocenters. The number of hydrogen-bond donors (Lipinski definition) is 0. The SMILES string of the molecule is CC1N=CC=C1c1cccc(C=C2c3ccccc3CCc3ccccc32)c1. The van der Waals surface area contributed by atoms with Crippen LogP contribution in [0.4, 0.5) is 0 Å². The summed E-state index contributed by atoms with van der Waals surface area (Å²) in [6, 6.07) is 26.8. The van der Waals surface area contributed by atoms with Crippen LogP contribution >= 0.6 is 0 Å². The lowest BCUT2D eigenvalue weighted by Gasteiger charge is -2.13. The first-order valence-electron chi connectivity index (χ1n) is 10.0. The molecule has 3 aromatic rings. The Labute approximate surface area is 166 Å². The van der Waals surface area contributed by atoms with Gasteiger partial charge in [0.2, 0.25) is 0 Å². The summed E-state index contributed by atoms with van der Waals surface area (Å²) in [5.74, 6) is 0. The highest BCUT2D eigenvalue weighted by Crippen LogP contribution is 2.35. The minimum absolute atomic E-state index is 0.238. The van der Waals surface area contributed by atoms with Crippen molar-refractivity contribution in [1.29, 1.82) is 0 Å². The minimum atomic E-state index is 0.238.